The molecule has 18 heavy (non-hydrogen) atoms. The Bertz CT molecular complexity index is 544. The Morgan fingerprint density at radius 3 is 2.50 bits per heavy atom. The SMILES string of the molecule is Cc1ccc(N=NCc2c(F)cccc2Cl)cc1. The highest BCUT2D eigenvalue weighted by atomic mass is 35.5. The molecule has 0 spiro atoms. The first-order chi connectivity index (χ1) is 8.66. The fraction of sp³-hybridized carbons (Fsp3) is 0.143. The molecule has 0 saturated heterocycles. The van der Waals surface area contributed by atoms with Gasteiger partial charge in [-0.3, -0.25) is 0 Å². The molecule has 92 valence electrons. The highest BCUT2D eigenvalue weighted by molar-refractivity contribution is 6.31. The molecule has 0 amide bonds. The van der Waals surface area contributed by atoms with Crippen molar-refractivity contribution >= 4 is 17.3 Å². The lowest BCUT2D eigenvalue weighted by molar-refractivity contribution is 0.609. The summed E-state index contributed by atoms with van der Waals surface area (Å²) >= 11 is 5.89. The quantitative estimate of drug-likeness (QED) is 0.690. The van der Waals surface area contributed by atoms with E-state index in [1.807, 2.05) is 31.2 Å². The summed E-state index contributed by atoms with van der Waals surface area (Å²) in [5, 5.41) is 8.36. The average Bonchev–Trinajstić information content (AvgIpc) is 2.35. The van der Waals surface area contributed by atoms with Crippen LogP contribution in [-0.2, 0) is 6.54 Å². The predicted octanol–water partition coefficient (Wildman–Crippen LogP) is 5.07. The van der Waals surface area contributed by atoms with Gasteiger partial charge in [-0.05, 0) is 31.2 Å². The molecule has 4 heteroatoms. The van der Waals surface area contributed by atoms with Crippen LogP contribution in [0.3, 0.4) is 0 Å². The van der Waals surface area contributed by atoms with E-state index < -0.39 is 0 Å². The monoisotopic (exact) mass is 262 g/mol. The van der Waals surface area contributed by atoms with Crippen molar-refractivity contribution in [1.29, 1.82) is 0 Å². The zero-order chi connectivity index (χ0) is 13.0. The van der Waals surface area contributed by atoms with Gasteiger partial charge in [0.2, 0.25) is 0 Å². The lowest BCUT2D eigenvalue weighted by Crippen LogP contribution is -1.88. The molecule has 2 nitrogen and oxygen atoms in total. The molecule has 2 rings (SSSR count). The van der Waals surface area contributed by atoms with Crippen molar-refractivity contribution in [3.05, 3.63) is 64.4 Å². The van der Waals surface area contributed by atoms with Crippen molar-refractivity contribution in [1.82, 2.24) is 0 Å². The smallest absolute Gasteiger partial charge is 0.129 e. The Hall–Kier alpha value is -1.74. The highest BCUT2D eigenvalue weighted by Gasteiger charge is 2.05. The van der Waals surface area contributed by atoms with E-state index in [1.165, 1.54) is 6.07 Å². The molecule has 0 bridgehead atoms. The summed E-state index contributed by atoms with van der Waals surface area (Å²) in [5.41, 5.74) is 2.27. The maximum atomic E-state index is 13.4. The predicted molar refractivity (Wildman–Crippen MR) is 70.8 cm³/mol. The second-order valence-electron chi connectivity index (χ2n) is 3.94. The lowest BCUT2D eigenvalue weighted by Gasteiger charge is -2.01. The van der Waals surface area contributed by atoms with E-state index >= 15 is 0 Å². The second kappa shape index (κ2) is 5.74. The van der Waals surface area contributed by atoms with Crippen molar-refractivity contribution < 1.29 is 4.39 Å². The van der Waals surface area contributed by atoms with Crippen molar-refractivity contribution in [2.45, 2.75) is 13.5 Å². The van der Waals surface area contributed by atoms with Crippen LogP contribution in [0.5, 0.6) is 0 Å². The molecule has 0 aliphatic rings. The van der Waals surface area contributed by atoms with Crippen LogP contribution >= 0.6 is 11.6 Å². The Morgan fingerprint density at radius 2 is 1.83 bits per heavy atom. The van der Waals surface area contributed by atoms with Crippen LogP contribution in [0.1, 0.15) is 11.1 Å². The number of benzene rings is 2. The Morgan fingerprint density at radius 1 is 1.11 bits per heavy atom. The van der Waals surface area contributed by atoms with Crippen LogP contribution in [-0.4, -0.2) is 0 Å². The summed E-state index contributed by atoms with van der Waals surface area (Å²) in [5.74, 6) is -0.356. The van der Waals surface area contributed by atoms with E-state index in [9.17, 15) is 4.39 Å². The molecule has 0 N–H and O–H groups in total. The van der Waals surface area contributed by atoms with E-state index in [0.29, 0.717) is 10.6 Å². The third-order valence-electron chi connectivity index (χ3n) is 2.51. The Balaban J connectivity index is 2.09. The number of rotatable bonds is 3. The average molecular weight is 263 g/mol. The highest BCUT2D eigenvalue weighted by Crippen LogP contribution is 2.21. The maximum absolute atomic E-state index is 13.4. The summed E-state index contributed by atoms with van der Waals surface area (Å²) in [7, 11) is 0. The van der Waals surface area contributed by atoms with Gasteiger partial charge in [0.1, 0.15) is 5.82 Å². The summed E-state index contributed by atoms with van der Waals surface area (Å²) < 4.78 is 13.4. The van der Waals surface area contributed by atoms with Crippen LogP contribution in [0.4, 0.5) is 10.1 Å². The van der Waals surface area contributed by atoms with Crippen molar-refractivity contribution in [2.24, 2.45) is 10.2 Å². The van der Waals surface area contributed by atoms with E-state index in [0.717, 1.165) is 11.3 Å². The Kier molecular flexibility index (Phi) is 4.05. The number of azo groups is 1. The van der Waals surface area contributed by atoms with E-state index in [1.54, 1.807) is 12.1 Å². The summed E-state index contributed by atoms with van der Waals surface area (Å²) in [4.78, 5) is 0. The molecule has 0 aliphatic heterocycles. The maximum Gasteiger partial charge on any atom is 0.129 e. The fourth-order valence-electron chi connectivity index (χ4n) is 1.48. The second-order valence-corrected chi connectivity index (χ2v) is 4.34. The first-order valence-corrected chi connectivity index (χ1v) is 5.91. The van der Waals surface area contributed by atoms with E-state index in [4.69, 9.17) is 11.6 Å². The molecule has 0 unspecified atom stereocenters. The molecule has 0 heterocycles. The van der Waals surface area contributed by atoms with Crippen LogP contribution in [0.2, 0.25) is 5.02 Å². The molecule has 0 radical (unpaired) electrons. The largest absolute Gasteiger partial charge is 0.207 e. The molecule has 0 aromatic heterocycles. The number of hydrogen-bond donors (Lipinski definition) is 0. The van der Waals surface area contributed by atoms with Gasteiger partial charge >= 0.3 is 0 Å². The molecule has 0 fully saturated rings. The molecular formula is C14H12ClFN2. The first kappa shape index (κ1) is 12.7. The van der Waals surface area contributed by atoms with Crippen molar-refractivity contribution in [3.8, 4) is 0 Å². The van der Waals surface area contributed by atoms with Gasteiger partial charge in [-0.1, -0.05) is 35.4 Å². The van der Waals surface area contributed by atoms with Crippen LogP contribution in [0.25, 0.3) is 0 Å². The van der Waals surface area contributed by atoms with Gasteiger partial charge in [0.15, 0.2) is 0 Å². The molecular weight excluding hydrogens is 251 g/mol. The minimum Gasteiger partial charge on any atom is -0.207 e. The van der Waals surface area contributed by atoms with Gasteiger partial charge in [-0.15, -0.1) is 0 Å². The summed E-state index contributed by atoms with van der Waals surface area (Å²) in [6.07, 6.45) is 0. The number of hydrogen-bond acceptors (Lipinski definition) is 2. The van der Waals surface area contributed by atoms with Crippen LogP contribution < -0.4 is 0 Å². The standard InChI is InChI=1S/C14H12ClFN2/c1-10-5-7-11(8-6-10)18-17-9-12-13(15)3-2-4-14(12)16/h2-8H,9H2,1H3. The third-order valence-corrected chi connectivity index (χ3v) is 2.86. The minimum atomic E-state index is -0.356. The Labute approximate surface area is 110 Å². The fourth-order valence-corrected chi connectivity index (χ4v) is 1.71. The minimum absolute atomic E-state index is 0.138. The van der Waals surface area contributed by atoms with Gasteiger partial charge < -0.3 is 0 Å². The lowest BCUT2D eigenvalue weighted by atomic mass is 10.2. The molecule has 0 saturated carbocycles. The van der Waals surface area contributed by atoms with Gasteiger partial charge in [0.05, 0.1) is 12.2 Å². The third kappa shape index (κ3) is 3.14. The van der Waals surface area contributed by atoms with E-state index in [2.05, 4.69) is 10.2 Å². The summed E-state index contributed by atoms with van der Waals surface area (Å²) in [6.45, 7) is 2.14. The van der Waals surface area contributed by atoms with Gasteiger partial charge in [0, 0.05) is 10.6 Å². The van der Waals surface area contributed by atoms with Gasteiger partial charge in [-0.25, -0.2) is 4.39 Å². The first-order valence-electron chi connectivity index (χ1n) is 5.54. The molecule has 0 atom stereocenters. The van der Waals surface area contributed by atoms with Crippen molar-refractivity contribution in [3.63, 3.8) is 0 Å². The van der Waals surface area contributed by atoms with Gasteiger partial charge in [-0.2, -0.15) is 10.2 Å². The number of halogens is 2. The topological polar surface area (TPSA) is 24.7 Å². The summed E-state index contributed by atoms with van der Waals surface area (Å²) in [6, 6.07) is 12.2. The number of aryl methyl sites for hydroxylation is 1. The number of nitrogens with zero attached hydrogens (tertiary/aromatic N) is 2. The normalized spacial score (nSPS) is 11.1. The van der Waals surface area contributed by atoms with E-state index in [-0.39, 0.29) is 12.4 Å². The zero-order valence-corrected chi connectivity index (χ0v) is 10.7. The van der Waals surface area contributed by atoms with Crippen LogP contribution in [0, 0.1) is 12.7 Å². The van der Waals surface area contributed by atoms with Gasteiger partial charge in [0.25, 0.3) is 0 Å². The zero-order valence-electron chi connectivity index (χ0n) is 9.90. The molecule has 0 aliphatic carbocycles. The molecule has 2 aromatic rings. The molecule has 2 aromatic carbocycles. The van der Waals surface area contributed by atoms with Crippen LogP contribution in [0.15, 0.2) is 52.7 Å². The van der Waals surface area contributed by atoms with Crippen molar-refractivity contribution in [2.75, 3.05) is 0 Å².